The number of hydrogen-bond acceptors (Lipinski definition) is 5. The van der Waals surface area contributed by atoms with Gasteiger partial charge in [0, 0.05) is 29.3 Å². The van der Waals surface area contributed by atoms with Crippen molar-refractivity contribution in [2.45, 2.75) is 13.0 Å². The van der Waals surface area contributed by atoms with Gasteiger partial charge in [0.05, 0.1) is 30.3 Å². The number of hydrogen-bond donors (Lipinski definition) is 0. The molecule has 0 spiro atoms. The van der Waals surface area contributed by atoms with Gasteiger partial charge in [0.15, 0.2) is 0 Å². The Kier molecular flexibility index (Phi) is 5.04. The molecule has 0 bridgehead atoms. The van der Waals surface area contributed by atoms with Crippen LogP contribution in [0.15, 0.2) is 61.1 Å². The molecule has 0 aliphatic heterocycles. The number of carbonyl (C=O) groups is 1. The summed E-state index contributed by atoms with van der Waals surface area (Å²) in [5, 5.41) is 6.27. The van der Waals surface area contributed by atoms with E-state index in [9.17, 15) is 4.79 Å². The van der Waals surface area contributed by atoms with Gasteiger partial charge in [-0.1, -0.05) is 23.7 Å². The van der Waals surface area contributed by atoms with Gasteiger partial charge in [0.25, 0.3) is 0 Å². The Morgan fingerprint density at radius 3 is 2.68 bits per heavy atom. The fraction of sp³-hybridized carbons (Fsp3) is 0.143. The summed E-state index contributed by atoms with van der Waals surface area (Å²) in [7, 11) is 1.35. The van der Waals surface area contributed by atoms with Crippen LogP contribution in [0.4, 0.5) is 0 Å². The van der Waals surface area contributed by atoms with Crippen LogP contribution in [0.2, 0.25) is 5.02 Å². The molecule has 140 valence electrons. The maximum atomic E-state index is 11.7. The van der Waals surface area contributed by atoms with Crippen LogP contribution < -0.4 is 0 Å². The number of fused-ring (bicyclic) bond motifs is 1. The normalized spacial score (nSPS) is 10.9. The van der Waals surface area contributed by atoms with Crippen LogP contribution in [-0.4, -0.2) is 32.8 Å². The number of pyridine rings is 2. The molecule has 0 aliphatic rings. The van der Waals surface area contributed by atoms with Gasteiger partial charge >= 0.3 is 5.97 Å². The van der Waals surface area contributed by atoms with Crippen LogP contribution in [0.1, 0.15) is 15.9 Å². The first kappa shape index (κ1) is 18.1. The Morgan fingerprint density at radius 1 is 1.11 bits per heavy atom. The number of esters is 1. The minimum absolute atomic E-state index is 0.403. The number of rotatable bonds is 5. The third kappa shape index (κ3) is 3.87. The molecule has 28 heavy (non-hydrogen) atoms. The standard InChI is InChI=1S/C21H17ClN4O2/c1-28-21(27)15-6-8-23-18(10-15)19-11-16-13-26(25-20(16)12-24-19)9-7-14-2-4-17(22)5-3-14/h2-6,8,10-13H,7,9H2,1H3. The smallest absolute Gasteiger partial charge is 0.337 e. The summed E-state index contributed by atoms with van der Waals surface area (Å²) in [6.07, 6.45) is 6.13. The second kappa shape index (κ2) is 7.78. The number of ether oxygens (including phenoxy) is 1. The lowest BCUT2D eigenvalue weighted by Gasteiger charge is -2.02. The Hall–Kier alpha value is -3.25. The third-order valence-corrected chi connectivity index (χ3v) is 4.68. The van der Waals surface area contributed by atoms with Crippen LogP contribution in [0.5, 0.6) is 0 Å². The Labute approximate surface area is 166 Å². The van der Waals surface area contributed by atoms with E-state index in [1.165, 1.54) is 12.7 Å². The van der Waals surface area contributed by atoms with Crippen LogP contribution in [-0.2, 0) is 17.7 Å². The molecule has 3 aromatic heterocycles. The van der Waals surface area contributed by atoms with E-state index in [0.717, 1.165) is 28.9 Å². The first-order valence-electron chi connectivity index (χ1n) is 8.75. The summed E-state index contributed by atoms with van der Waals surface area (Å²) in [5.41, 5.74) is 3.73. The van der Waals surface area contributed by atoms with Gasteiger partial charge in [-0.05, 0) is 42.3 Å². The van der Waals surface area contributed by atoms with E-state index in [1.54, 1.807) is 24.5 Å². The summed E-state index contributed by atoms with van der Waals surface area (Å²) in [4.78, 5) is 20.5. The Morgan fingerprint density at radius 2 is 1.89 bits per heavy atom. The van der Waals surface area contributed by atoms with Crippen molar-refractivity contribution in [3.05, 3.63) is 77.2 Å². The maximum absolute atomic E-state index is 11.7. The highest BCUT2D eigenvalue weighted by Crippen LogP contribution is 2.21. The van der Waals surface area contributed by atoms with Crippen molar-refractivity contribution in [3.63, 3.8) is 0 Å². The molecule has 1 aromatic carbocycles. The fourth-order valence-corrected chi connectivity index (χ4v) is 3.07. The van der Waals surface area contributed by atoms with E-state index in [2.05, 4.69) is 15.1 Å². The van der Waals surface area contributed by atoms with Crippen LogP contribution in [0, 0.1) is 0 Å². The fourth-order valence-electron chi connectivity index (χ4n) is 2.94. The van der Waals surface area contributed by atoms with E-state index in [4.69, 9.17) is 16.3 Å². The molecule has 4 rings (SSSR count). The molecule has 0 atom stereocenters. The van der Waals surface area contributed by atoms with Crippen LogP contribution >= 0.6 is 11.6 Å². The average molecular weight is 393 g/mol. The molecule has 0 amide bonds. The van der Waals surface area contributed by atoms with Gasteiger partial charge in [0.1, 0.15) is 5.52 Å². The molecule has 0 radical (unpaired) electrons. The van der Waals surface area contributed by atoms with Crippen molar-refractivity contribution >= 4 is 28.5 Å². The molecule has 0 fully saturated rings. The summed E-state index contributed by atoms with van der Waals surface area (Å²) < 4.78 is 6.67. The lowest BCUT2D eigenvalue weighted by molar-refractivity contribution is 0.0600. The second-order valence-electron chi connectivity index (χ2n) is 6.32. The first-order chi connectivity index (χ1) is 13.6. The number of nitrogens with zero attached hydrogens (tertiary/aromatic N) is 4. The Bertz CT molecular complexity index is 1140. The summed E-state index contributed by atoms with van der Waals surface area (Å²) in [6.45, 7) is 0.752. The number of aryl methyl sites for hydroxylation is 2. The minimum Gasteiger partial charge on any atom is -0.465 e. The van der Waals surface area contributed by atoms with Gasteiger partial charge < -0.3 is 4.74 Å². The van der Waals surface area contributed by atoms with E-state index in [-0.39, 0.29) is 0 Å². The van der Waals surface area contributed by atoms with E-state index in [1.807, 2.05) is 41.2 Å². The maximum Gasteiger partial charge on any atom is 0.337 e. The predicted molar refractivity (Wildman–Crippen MR) is 107 cm³/mol. The van der Waals surface area contributed by atoms with Gasteiger partial charge in [-0.3, -0.25) is 14.6 Å². The number of aromatic nitrogens is 4. The first-order valence-corrected chi connectivity index (χ1v) is 9.12. The van der Waals surface area contributed by atoms with Crippen molar-refractivity contribution in [1.29, 1.82) is 0 Å². The molecule has 0 N–H and O–H groups in total. The van der Waals surface area contributed by atoms with Gasteiger partial charge in [-0.15, -0.1) is 0 Å². The summed E-state index contributed by atoms with van der Waals surface area (Å²) in [6, 6.07) is 13.0. The molecule has 6 nitrogen and oxygen atoms in total. The third-order valence-electron chi connectivity index (χ3n) is 4.42. The molecule has 0 saturated carbocycles. The zero-order valence-corrected chi connectivity index (χ0v) is 15.9. The topological polar surface area (TPSA) is 69.9 Å². The summed E-state index contributed by atoms with van der Waals surface area (Å²) in [5.74, 6) is -0.403. The van der Waals surface area contributed by atoms with Crippen molar-refractivity contribution in [2.24, 2.45) is 0 Å². The minimum atomic E-state index is -0.403. The predicted octanol–water partition coefficient (Wildman–Crippen LogP) is 4.18. The highest BCUT2D eigenvalue weighted by atomic mass is 35.5. The lowest BCUT2D eigenvalue weighted by Crippen LogP contribution is -2.02. The summed E-state index contributed by atoms with van der Waals surface area (Å²) >= 11 is 5.93. The average Bonchev–Trinajstić information content (AvgIpc) is 3.15. The molecule has 0 saturated heterocycles. The lowest BCUT2D eigenvalue weighted by atomic mass is 10.1. The van der Waals surface area contributed by atoms with Gasteiger partial charge in [0.2, 0.25) is 0 Å². The molecular weight excluding hydrogens is 376 g/mol. The van der Waals surface area contributed by atoms with Crippen LogP contribution in [0.25, 0.3) is 22.3 Å². The van der Waals surface area contributed by atoms with Crippen LogP contribution in [0.3, 0.4) is 0 Å². The number of methoxy groups -OCH3 is 1. The molecule has 3 heterocycles. The van der Waals surface area contributed by atoms with E-state index in [0.29, 0.717) is 17.0 Å². The highest BCUT2D eigenvalue weighted by molar-refractivity contribution is 6.30. The second-order valence-corrected chi connectivity index (χ2v) is 6.75. The van der Waals surface area contributed by atoms with Gasteiger partial charge in [-0.25, -0.2) is 4.79 Å². The molecular formula is C21H17ClN4O2. The van der Waals surface area contributed by atoms with Crippen molar-refractivity contribution < 1.29 is 9.53 Å². The van der Waals surface area contributed by atoms with Crippen molar-refractivity contribution in [1.82, 2.24) is 19.7 Å². The zero-order chi connectivity index (χ0) is 19.5. The molecule has 7 heteroatoms. The SMILES string of the molecule is COC(=O)c1ccnc(-c2cc3cn(CCc4ccc(Cl)cc4)nc3cn2)c1. The monoisotopic (exact) mass is 392 g/mol. The van der Waals surface area contributed by atoms with Crippen molar-refractivity contribution in [2.75, 3.05) is 7.11 Å². The Balaban J connectivity index is 1.56. The van der Waals surface area contributed by atoms with Crippen molar-refractivity contribution in [3.8, 4) is 11.4 Å². The number of carbonyl (C=O) groups excluding carboxylic acids is 1. The highest BCUT2D eigenvalue weighted by Gasteiger charge is 2.10. The number of benzene rings is 1. The van der Waals surface area contributed by atoms with Gasteiger partial charge in [-0.2, -0.15) is 5.10 Å². The quantitative estimate of drug-likeness (QED) is 0.476. The van der Waals surface area contributed by atoms with E-state index >= 15 is 0 Å². The molecule has 4 aromatic rings. The van der Waals surface area contributed by atoms with E-state index < -0.39 is 5.97 Å². The zero-order valence-electron chi connectivity index (χ0n) is 15.2. The largest absolute Gasteiger partial charge is 0.465 e. The molecule has 0 unspecified atom stereocenters. The molecule has 0 aliphatic carbocycles. The number of halogens is 1.